The van der Waals surface area contributed by atoms with Crippen molar-refractivity contribution in [2.24, 2.45) is 5.73 Å². The van der Waals surface area contributed by atoms with E-state index in [1.54, 1.807) is 18.3 Å². The highest BCUT2D eigenvalue weighted by Gasteiger charge is 2.20. The quantitative estimate of drug-likeness (QED) is 0.878. The van der Waals surface area contributed by atoms with Gasteiger partial charge in [0.2, 0.25) is 0 Å². The maximum atomic E-state index is 13.9. The fraction of sp³-hybridized carbons (Fsp3) is 0.308. The molecule has 0 saturated heterocycles. The van der Waals surface area contributed by atoms with Crippen molar-refractivity contribution in [1.82, 2.24) is 9.97 Å². The smallest absolute Gasteiger partial charge is 0.136 e. The second-order valence-corrected chi connectivity index (χ2v) is 4.68. The number of nitrogens with zero attached hydrogens (tertiary/aromatic N) is 1. The highest BCUT2D eigenvalue weighted by atomic mass is 19.1. The van der Waals surface area contributed by atoms with Crippen LogP contribution in [0.4, 0.5) is 4.39 Å². The van der Waals surface area contributed by atoms with Gasteiger partial charge >= 0.3 is 0 Å². The van der Waals surface area contributed by atoms with Crippen LogP contribution in [0.1, 0.15) is 19.7 Å². The average Bonchev–Trinajstić information content (AvgIpc) is 2.77. The van der Waals surface area contributed by atoms with Crippen LogP contribution >= 0.6 is 0 Å². The van der Waals surface area contributed by atoms with E-state index < -0.39 is 5.54 Å². The third-order valence-corrected chi connectivity index (χ3v) is 2.65. The van der Waals surface area contributed by atoms with E-state index in [1.165, 1.54) is 13.2 Å². The van der Waals surface area contributed by atoms with E-state index in [0.717, 1.165) is 0 Å². The number of rotatable bonds is 3. The molecule has 0 bridgehead atoms. The Hall–Kier alpha value is -1.88. The number of hydrogen-bond acceptors (Lipinski definition) is 3. The number of aromatic amines is 1. The van der Waals surface area contributed by atoms with Gasteiger partial charge in [-0.15, -0.1) is 0 Å². The molecule has 0 aliphatic rings. The van der Waals surface area contributed by atoms with Gasteiger partial charge in [0, 0.05) is 0 Å². The molecule has 3 N–H and O–H groups in total. The molecule has 0 saturated carbocycles. The van der Waals surface area contributed by atoms with Gasteiger partial charge in [-0.1, -0.05) is 6.07 Å². The van der Waals surface area contributed by atoms with Crippen LogP contribution in [0.25, 0.3) is 11.3 Å². The van der Waals surface area contributed by atoms with Crippen LogP contribution in [-0.4, -0.2) is 17.1 Å². The summed E-state index contributed by atoms with van der Waals surface area (Å²) in [4.78, 5) is 7.21. The van der Waals surface area contributed by atoms with E-state index in [4.69, 9.17) is 10.5 Å². The topological polar surface area (TPSA) is 63.9 Å². The summed E-state index contributed by atoms with van der Waals surface area (Å²) >= 11 is 0. The van der Waals surface area contributed by atoms with Gasteiger partial charge < -0.3 is 15.5 Å². The molecular weight excluding hydrogens is 233 g/mol. The number of hydrogen-bond donors (Lipinski definition) is 2. The number of aromatic nitrogens is 2. The number of benzene rings is 1. The Morgan fingerprint density at radius 2 is 2.11 bits per heavy atom. The van der Waals surface area contributed by atoms with Crippen molar-refractivity contribution < 1.29 is 9.13 Å². The molecule has 4 nitrogen and oxygen atoms in total. The number of halogens is 1. The van der Waals surface area contributed by atoms with Gasteiger partial charge in [-0.3, -0.25) is 0 Å². The molecular formula is C13H16FN3O. The minimum Gasteiger partial charge on any atom is -0.496 e. The Balaban J connectivity index is 2.53. The number of ether oxygens (including phenoxy) is 1. The fourth-order valence-electron chi connectivity index (χ4n) is 1.71. The second kappa shape index (κ2) is 4.42. The van der Waals surface area contributed by atoms with Crippen molar-refractivity contribution in [3.8, 4) is 17.0 Å². The largest absolute Gasteiger partial charge is 0.496 e. The Morgan fingerprint density at radius 3 is 2.67 bits per heavy atom. The van der Waals surface area contributed by atoms with E-state index in [-0.39, 0.29) is 5.82 Å². The summed E-state index contributed by atoms with van der Waals surface area (Å²) < 4.78 is 19.0. The van der Waals surface area contributed by atoms with Gasteiger partial charge in [0.25, 0.3) is 0 Å². The van der Waals surface area contributed by atoms with Crippen LogP contribution in [0.3, 0.4) is 0 Å². The summed E-state index contributed by atoms with van der Waals surface area (Å²) in [6.07, 6.45) is 1.56. The molecule has 1 aromatic carbocycles. The molecule has 0 spiro atoms. The van der Waals surface area contributed by atoms with E-state index >= 15 is 0 Å². The highest BCUT2D eigenvalue weighted by Crippen LogP contribution is 2.31. The van der Waals surface area contributed by atoms with Crippen LogP contribution in [-0.2, 0) is 5.54 Å². The number of imidazole rings is 1. The lowest BCUT2D eigenvalue weighted by Gasteiger charge is -2.14. The van der Waals surface area contributed by atoms with Crippen molar-refractivity contribution >= 4 is 0 Å². The molecule has 1 aromatic heterocycles. The van der Waals surface area contributed by atoms with E-state index in [2.05, 4.69) is 9.97 Å². The minimum absolute atomic E-state index is 0.362. The standard InChI is InChI=1S/C13H16FN3O/c1-13(2,15)12-16-7-9(17-12)11-8(14)5-4-6-10(11)18-3/h4-7H,15H2,1-3H3,(H,16,17). The first-order chi connectivity index (χ1) is 8.43. The normalized spacial score (nSPS) is 11.6. The third kappa shape index (κ3) is 2.22. The van der Waals surface area contributed by atoms with E-state index in [9.17, 15) is 4.39 Å². The Morgan fingerprint density at radius 1 is 1.39 bits per heavy atom. The molecule has 2 rings (SSSR count). The summed E-state index contributed by atoms with van der Waals surface area (Å²) in [6, 6.07) is 4.68. The summed E-state index contributed by atoms with van der Waals surface area (Å²) in [6.45, 7) is 3.66. The van der Waals surface area contributed by atoms with Crippen molar-refractivity contribution in [3.05, 3.63) is 36.0 Å². The third-order valence-electron chi connectivity index (χ3n) is 2.65. The van der Waals surface area contributed by atoms with Crippen LogP contribution in [0.2, 0.25) is 0 Å². The molecule has 0 atom stereocenters. The van der Waals surface area contributed by atoms with Gasteiger partial charge in [0.1, 0.15) is 17.4 Å². The molecule has 96 valence electrons. The lowest BCUT2D eigenvalue weighted by molar-refractivity contribution is 0.413. The zero-order valence-corrected chi connectivity index (χ0v) is 10.6. The summed E-state index contributed by atoms with van der Waals surface area (Å²) in [7, 11) is 1.50. The zero-order valence-electron chi connectivity index (χ0n) is 10.6. The minimum atomic E-state index is -0.600. The van der Waals surface area contributed by atoms with Gasteiger partial charge in [-0.05, 0) is 26.0 Å². The predicted molar refractivity (Wildman–Crippen MR) is 67.7 cm³/mol. The molecule has 0 aliphatic carbocycles. The van der Waals surface area contributed by atoms with E-state index in [0.29, 0.717) is 22.8 Å². The molecule has 0 aliphatic heterocycles. The van der Waals surface area contributed by atoms with Crippen LogP contribution in [0, 0.1) is 5.82 Å². The predicted octanol–water partition coefficient (Wildman–Crippen LogP) is 2.42. The monoisotopic (exact) mass is 249 g/mol. The molecule has 0 unspecified atom stereocenters. The Kier molecular flexibility index (Phi) is 3.09. The summed E-state index contributed by atoms with van der Waals surface area (Å²) in [5.41, 5.74) is 6.26. The summed E-state index contributed by atoms with van der Waals surface area (Å²) in [5.74, 6) is 0.696. The van der Waals surface area contributed by atoms with Gasteiger partial charge in [-0.2, -0.15) is 0 Å². The van der Waals surface area contributed by atoms with Crippen LogP contribution < -0.4 is 10.5 Å². The van der Waals surface area contributed by atoms with Crippen molar-refractivity contribution in [2.75, 3.05) is 7.11 Å². The van der Waals surface area contributed by atoms with E-state index in [1.807, 2.05) is 13.8 Å². The Bertz CT molecular complexity index is 558. The fourth-order valence-corrected chi connectivity index (χ4v) is 1.71. The molecule has 0 amide bonds. The van der Waals surface area contributed by atoms with Crippen LogP contribution in [0.15, 0.2) is 24.4 Å². The maximum Gasteiger partial charge on any atom is 0.136 e. The maximum absolute atomic E-state index is 13.9. The van der Waals surface area contributed by atoms with Gasteiger partial charge in [0.15, 0.2) is 0 Å². The van der Waals surface area contributed by atoms with Gasteiger partial charge in [-0.25, -0.2) is 9.37 Å². The van der Waals surface area contributed by atoms with Gasteiger partial charge in [0.05, 0.1) is 30.1 Å². The number of methoxy groups -OCH3 is 1. The first-order valence-electron chi connectivity index (χ1n) is 5.60. The van der Waals surface area contributed by atoms with Crippen molar-refractivity contribution in [3.63, 3.8) is 0 Å². The molecule has 2 aromatic rings. The van der Waals surface area contributed by atoms with Crippen LogP contribution in [0.5, 0.6) is 5.75 Å². The first kappa shape index (κ1) is 12.6. The molecule has 0 radical (unpaired) electrons. The lowest BCUT2D eigenvalue weighted by atomic mass is 10.1. The SMILES string of the molecule is COc1cccc(F)c1-c1cnc(C(C)(C)N)[nH]1. The molecule has 5 heteroatoms. The van der Waals surface area contributed by atoms with Crippen molar-refractivity contribution in [2.45, 2.75) is 19.4 Å². The number of H-pyrrole nitrogens is 1. The number of nitrogens with two attached hydrogens (primary N) is 1. The molecule has 1 heterocycles. The molecule has 0 fully saturated rings. The summed E-state index contributed by atoms with van der Waals surface area (Å²) in [5, 5.41) is 0. The lowest BCUT2D eigenvalue weighted by Crippen LogP contribution is -2.30. The highest BCUT2D eigenvalue weighted by molar-refractivity contribution is 5.67. The van der Waals surface area contributed by atoms with Crippen molar-refractivity contribution in [1.29, 1.82) is 0 Å². The zero-order chi connectivity index (χ0) is 13.3. The average molecular weight is 249 g/mol. The number of nitrogens with one attached hydrogen (secondary N) is 1. The second-order valence-electron chi connectivity index (χ2n) is 4.68. The molecule has 18 heavy (non-hydrogen) atoms. The Labute approximate surface area is 105 Å². The first-order valence-corrected chi connectivity index (χ1v) is 5.60.